The summed E-state index contributed by atoms with van der Waals surface area (Å²) in [5.74, 6) is -1.20. The first-order valence-electron chi connectivity index (χ1n) is 3.57. The lowest BCUT2D eigenvalue weighted by Gasteiger charge is -1.99. The van der Waals surface area contributed by atoms with Gasteiger partial charge in [-0.1, -0.05) is 0 Å². The number of aromatic nitrogens is 1. The molecule has 1 aromatic heterocycles. The molecule has 0 radical (unpaired) electrons. The molecule has 1 rings (SSSR count). The van der Waals surface area contributed by atoms with Crippen molar-refractivity contribution >= 4 is 5.97 Å². The number of pyridine rings is 1. The third-order valence-corrected chi connectivity index (χ3v) is 1.52. The second-order valence-corrected chi connectivity index (χ2v) is 2.42. The van der Waals surface area contributed by atoms with Crippen LogP contribution < -0.4 is 5.56 Å². The number of hydrogen-bond donors (Lipinski definition) is 1. The molecule has 0 aliphatic carbocycles. The van der Waals surface area contributed by atoms with Crippen LogP contribution in [-0.2, 0) is 16.0 Å². The number of carbonyl (C=O) groups excluding carboxylic acids is 1. The van der Waals surface area contributed by atoms with E-state index in [0.717, 1.165) is 12.3 Å². The first-order valence-corrected chi connectivity index (χ1v) is 3.57. The van der Waals surface area contributed by atoms with Crippen molar-refractivity contribution in [1.82, 2.24) is 4.98 Å². The fourth-order valence-electron chi connectivity index (χ4n) is 0.859. The van der Waals surface area contributed by atoms with Gasteiger partial charge < -0.3 is 9.72 Å². The van der Waals surface area contributed by atoms with Crippen molar-refractivity contribution in [2.45, 2.75) is 6.42 Å². The molecule has 0 unspecified atom stereocenters. The molecular formula is C8H8FNO3. The standard InChI is InChI=1S/C8H8FNO3/c1-13-8(12)3-5-2-7(11)10-4-6(5)9/h2,4H,3H2,1H3,(H,10,11). The van der Waals surface area contributed by atoms with E-state index in [2.05, 4.69) is 9.72 Å². The Morgan fingerprint density at radius 3 is 3.00 bits per heavy atom. The molecule has 0 amide bonds. The summed E-state index contributed by atoms with van der Waals surface area (Å²) in [4.78, 5) is 23.6. The Morgan fingerprint density at radius 2 is 2.38 bits per heavy atom. The number of esters is 1. The monoisotopic (exact) mass is 185 g/mol. The summed E-state index contributed by atoms with van der Waals surface area (Å²) in [6.07, 6.45) is 0.687. The van der Waals surface area contributed by atoms with E-state index in [1.54, 1.807) is 0 Å². The lowest BCUT2D eigenvalue weighted by molar-refractivity contribution is -0.139. The van der Waals surface area contributed by atoms with Crippen molar-refractivity contribution in [2.75, 3.05) is 7.11 Å². The van der Waals surface area contributed by atoms with Crippen LogP contribution in [-0.4, -0.2) is 18.1 Å². The number of H-pyrrole nitrogens is 1. The summed E-state index contributed by atoms with van der Waals surface area (Å²) in [6.45, 7) is 0. The molecule has 4 nitrogen and oxygen atoms in total. The van der Waals surface area contributed by atoms with Crippen LogP contribution in [0.25, 0.3) is 0 Å². The largest absolute Gasteiger partial charge is 0.469 e. The number of methoxy groups -OCH3 is 1. The summed E-state index contributed by atoms with van der Waals surface area (Å²) in [5, 5.41) is 0. The molecule has 0 saturated heterocycles. The average Bonchev–Trinajstić information content (AvgIpc) is 2.11. The van der Waals surface area contributed by atoms with E-state index in [-0.39, 0.29) is 12.0 Å². The van der Waals surface area contributed by atoms with E-state index in [9.17, 15) is 14.0 Å². The molecule has 13 heavy (non-hydrogen) atoms. The topological polar surface area (TPSA) is 59.2 Å². The molecule has 0 saturated carbocycles. The highest BCUT2D eigenvalue weighted by Gasteiger charge is 2.08. The van der Waals surface area contributed by atoms with E-state index in [1.165, 1.54) is 7.11 Å². The number of halogens is 1. The maximum absolute atomic E-state index is 12.9. The molecular weight excluding hydrogens is 177 g/mol. The highest BCUT2D eigenvalue weighted by molar-refractivity contribution is 5.72. The van der Waals surface area contributed by atoms with Crippen molar-refractivity contribution in [3.05, 3.63) is 34.0 Å². The van der Waals surface area contributed by atoms with Crippen molar-refractivity contribution < 1.29 is 13.9 Å². The summed E-state index contributed by atoms with van der Waals surface area (Å²) < 4.78 is 17.2. The maximum Gasteiger partial charge on any atom is 0.310 e. The number of carbonyl (C=O) groups is 1. The SMILES string of the molecule is COC(=O)Cc1cc(=O)[nH]cc1F. The van der Waals surface area contributed by atoms with Crippen LogP contribution in [0.2, 0.25) is 0 Å². The summed E-state index contributed by atoms with van der Waals surface area (Å²) in [6, 6.07) is 1.03. The van der Waals surface area contributed by atoms with Gasteiger partial charge in [0.1, 0.15) is 5.82 Å². The van der Waals surface area contributed by atoms with Crippen LogP contribution in [0.1, 0.15) is 5.56 Å². The van der Waals surface area contributed by atoms with Gasteiger partial charge in [0, 0.05) is 17.8 Å². The van der Waals surface area contributed by atoms with Crippen LogP contribution in [0, 0.1) is 5.82 Å². The third-order valence-electron chi connectivity index (χ3n) is 1.52. The molecule has 0 bridgehead atoms. The zero-order valence-corrected chi connectivity index (χ0v) is 6.96. The number of ether oxygens (including phenoxy) is 1. The molecule has 0 aliphatic rings. The van der Waals surface area contributed by atoms with Gasteiger partial charge >= 0.3 is 5.97 Å². The highest BCUT2D eigenvalue weighted by Crippen LogP contribution is 2.03. The normalized spacial score (nSPS) is 9.69. The first kappa shape index (κ1) is 9.44. The molecule has 0 aromatic carbocycles. The van der Waals surface area contributed by atoms with Crippen molar-refractivity contribution in [3.8, 4) is 0 Å². The zero-order chi connectivity index (χ0) is 9.84. The maximum atomic E-state index is 12.9. The Morgan fingerprint density at radius 1 is 1.69 bits per heavy atom. The van der Waals surface area contributed by atoms with Crippen molar-refractivity contribution in [3.63, 3.8) is 0 Å². The summed E-state index contributed by atoms with van der Waals surface area (Å²) in [5.41, 5.74) is -0.407. The lowest BCUT2D eigenvalue weighted by Crippen LogP contribution is -2.12. The number of hydrogen-bond acceptors (Lipinski definition) is 3. The Kier molecular flexibility index (Phi) is 2.79. The number of aromatic amines is 1. The molecule has 1 heterocycles. The minimum absolute atomic E-state index is 0.0376. The van der Waals surface area contributed by atoms with E-state index in [4.69, 9.17) is 0 Å². The minimum Gasteiger partial charge on any atom is -0.469 e. The van der Waals surface area contributed by atoms with Gasteiger partial charge in [0.15, 0.2) is 0 Å². The molecule has 0 fully saturated rings. The Balaban J connectivity index is 2.94. The minimum atomic E-state index is -0.620. The predicted molar refractivity (Wildman–Crippen MR) is 42.7 cm³/mol. The average molecular weight is 185 g/mol. The van der Waals surface area contributed by atoms with Crippen LogP contribution in [0.3, 0.4) is 0 Å². The van der Waals surface area contributed by atoms with E-state index in [1.807, 2.05) is 0 Å². The van der Waals surface area contributed by atoms with E-state index < -0.39 is 17.3 Å². The fourth-order valence-corrected chi connectivity index (χ4v) is 0.859. The Hall–Kier alpha value is -1.65. The predicted octanol–water partition coefficient (Wildman–Crippen LogP) is 0.229. The van der Waals surface area contributed by atoms with Gasteiger partial charge in [0.05, 0.1) is 13.5 Å². The molecule has 70 valence electrons. The zero-order valence-electron chi connectivity index (χ0n) is 6.96. The van der Waals surface area contributed by atoms with Gasteiger partial charge in [0.25, 0.3) is 0 Å². The van der Waals surface area contributed by atoms with Gasteiger partial charge in [0.2, 0.25) is 5.56 Å². The van der Waals surface area contributed by atoms with Gasteiger partial charge in [-0.3, -0.25) is 9.59 Å². The molecule has 1 N–H and O–H groups in total. The van der Waals surface area contributed by atoms with Crippen LogP contribution in [0.4, 0.5) is 4.39 Å². The third kappa shape index (κ3) is 2.40. The summed E-state index contributed by atoms with van der Waals surface area (Å²) >= 11 is 0. The quantitative estimate of drug-likeness (QED) is 0.671. The second kappa shape index (κ2) is 3.84. The van der Waals surface area contributed by atoms with Gasteiger partial charge in [-0.15, -0.1) is 0 Å². The van der Waals surface area contributed by atoms with Crippen molar-refractivity contribution in [2.24, 2.45) is 0 Å². The Bertz CT molecular complexity index is 372. The smallest absolute Gasteiger partial charge is 0.310 e. The Labute approximate surface area is 73.3 Å². The molecule has 5 heteroatoms. The van der Waals surface area contributed by atoms with E-state index in [0.29, 0.717) is 0 Å². The van der Waals surface area contributed by atoms with Gasteiger partial charge in [-0.2, -0.15) is 0 Å². The lowest BCUT2D eigenvalue weighted by atomic mass is 10.2. The molecule has 0 atom stereocenters. The first-order chi connectivity index (χ1) is 6.13. The number of rotatable bonds is 2. The van der Waals surface area contributed by atoms with Crippen LogP contribution >= 0.6 is 0 Å². The summed E-state index contributed by atoms with van der Waals surface area (Å²) in [7, 11) is 1.20. The van der Waals surface area contributed by atoms with Gasteiger partial charge in [-0.05, 0) is 0 Å². The van der Waals surface area contributed by atoms with Crippen LogP contribution in [0.5, 0.6) is 0 Å². The second-order valence-electron chi connectivity index (χ2n) is 2.42. The van der Waals surface area contributed by atoms with Gasteiger partial charge in [-0.25, -0.2) is 4.39 Å². The molecule has 0 aliphatic heterocycles. The fraction of sp³-hybridized carbons (Fsp3) is 0.250. The highest BCUT2D eigenvalue weighted by atomic mass is 19.1. The number of nitrogens with one attached hydrogen (secondary N) is 1. The molecule has 1 aromatic rings. The van der Waals surface area contributed by atoms with Crippen molar-refractivity contribution in [1.29, 1.82) is 0 Å². The van der Waals surface area contributed by atoms with Crippen LogP contribution in [0.15, 0.2) is 17.1 Å². The molecule has 0 spiro atoms. The van der Waals surface area contributed by atoms with E-state index >= 15 is 0 Å².